The van der Waals surface area contributed by atoms with Crippen LogP contribution < -0.4 is 5.32 Å². The van der Waals surface area contributed by atoms with Crippen molar-refractivity contribution in [3.63, 3.8) is 0 Å². The summed E-state index contributed by atoms with van der Waals surface area (Å²) in [5.41, 5.74) is 0. The number of urea groups is 1. The molecule has 1 N–H and O–H groups in total. The predicted octanol–water partition coefficient (Wildman–Crippen LogP) is 2.17. The molecule has 4 heterocycles. The largest absolute Gasteiger partial charge is 0.324 e. The van der Waals surface area contributed by atoms with E-state index in [1.807, 2.05) is 0 Å². The number of piperidine rings is 1. The van der Waals surface area contributed by atoms with E-state index >= 15 is 0 Å². The van der Waals surface area contributed by atoms with Crippen LogP contribution in [0.1, 0.15) is 36.8 Å². The summed E-state index contributed by atoms with van der Waals surface area (Å²) in [6.45, 7) is 2.29. The average Bonchev–Trinajstić information content (AvgIpc) is 3.20. The lowest BCUT2D eigenvalue weighted by molar-refractivity contribution is 0.190. The molecule has 4 rings (SSSR count). The van der Waals surface area contributed by atoms with Crippen LogP contribution in [-0.4, -0.2) is 43.8 Å². The number of amides is 2. The molecule has 1 atom stereocenters. The van der Waals surface area contributed by atoms with Crippen LogP contribution in [0.15, 0.2) is 18.3 Å². The van der Waals surface area contributed by atoms with E-state index in [4.69, 9.17) is 0 Å². The quantitative estimate of drug-likeness (QED) is 0.915. The number of anilines is 1. The number of fused-ring (bicyclic) bond motifs is 1. The number of carbonyl (C=O) groups excluding carboxylic acids is 1. The molecule has 24 heavy (non-hydrogen) atoms. The molecule has 2 aliphatic rings. The van der Waals surface area contributed by atoms with E-state index in [0.29, 0.717) is 18.9 Å². The van der Waals surface area contributed by atoms with Crippen LogP contribution in [0, 0.1) is 5.82 Å². The summed E-state index contributed by atoms with van der Waals surface area (Å²) in [6.07, 6.45) is 5.13. The fraction of sp³-hybridized carbons (Fsp3) is 0.500. The second-order valence-corrected chi connectivity index (χ2v) is 6.31. The summed E-state index contributed by atoms with van der Waals surface area (Å²) in [6, 6.07) is 2.53. The topological polar surface area (TPSA) is 75.9 Å². The van der Waals surface area contributed by atoms with Gasteiger partial charge in [0, 0.05) is 32.0 Å². The smallest absolute Gasteiger partial charge is 0.323 e. The van der Waals surface area contributed by atoms with Crippen LogP contribution in [0.4, 0.5) is 15.0 Å². The van der Waals surface area contributed by atoms with Crippen molar-refractivity contribution in [3.8, 4) is 0 Å². The molecule has 1 fully saturated rings. The number of aryl methyl sites for hydroxylation is 1. The predicted molar refractivity (Wildman–Crippen MR) is 85.1 cm³/mol. The van der Waals surface area contributed by atoms with Crippen LogP contribution in [0.25, 0.3) is 0 Å². The Bertz CT molecular complexity index is 744. The van der Waals surface area contributed by atoms with Gasteiger partial charge in [-0.25, -0.2) is 14.2 Å². The third-order valence-electron chi connectivity index (χ3n) is 4.67. The van der Waals surface area contributed by atoms with E-state index < -0.39 is 5.82 Å². The van der Waals surface area contributed by atoms with E-state index in [9.17, 15) is 9.18 Å². The van der Waals surface area contributed by atoms with Crippen LogP contribution in [0.3, 0.4) is 0 Å². The van der Waals surface area contributed by atoms with Gasteiger partial charge in [0.1, 0.15) is 23.3 Å². The second-order valence-electron chi connectivity index (χ2n) is 6.31. The summed E-state index contributed by atoms with van der Waals surface area (Å²) in [7, 11) is 0. The molecule has 1 saturated heterocycles. The van der Waals surface area contributed by atoms with Crippen LogP contribution in [-0.2, 0) is 13.0 Å². The standard InChI is InChI=1S/C16H19FN6O/c17-12-5-6-13(18-9-12)19-16(24)22-7-1-3-11(10-22)15-21-20-14-4-2-8-23(14)15/h5-6,9,11H,1-4,7-8,10H2,(H,18,19,24)/t11-/m0/s1. The van der Waals surface area contributed by atoms with Crippen LogP contribution in [0.5, 0.6) is 0 Å². The first kappa shape index (κ1) is 15.0. The molecule has 7 nitrogen and oxygen atoms in total. The number of hydrogen-bond donors (Lipinski definition) is 1. The number of nitrogens with zero attached hydrogens (tertiary/aromatic N) is 5. The van der Waals surface area contributed by atoms with Crippen molar-refractivity contribution in [1.82, 2.24) is 24.6 Å². The summed E-state index contributed by atoms with van der Waals surface area (Å²) in [4.78, 5) is 18.1. The first-order chi connectivity index (χ1) is 11.7. The van der Waals surface area contributed by atoms with Crippen molar-refractivity contribution in [2.75, 3.05) is 18.4 Å². The maximum Gasteiger partial charge on any atom is 0.323 e. The van der Waals surface area contributed by atoms with E-state index in [-0.39, 0.29) is 11.9 Å². The van der Waals surface area contributed by atoms with Gasteiger partial charge in [0.25, 0.3) is 0 Å². The van der Waals surface area contributed by atoms with Crippen LogP contribution >= 0.6 is 0 Å². The number of nitrogens with one attached hydrogen (secondary N) is 1. The third kappa shape index (κ3) is 2.83. The molecule has 0 radical (unpaired) electrons. The molecular weight excluding hydrogens is 311 g/mol. The van der Waals surface area contributed by atoms with Gasteiger partial charge in [-0.2, -0.15) is 0 Å². The Labute approximate surface area is 138 Å². The first-order valence-corrected chi connectivity index (χ1v) is 8.30. The lowest BCUT2D eigenvalue weighted by Crippen LogP contribution is -2.42. The Morgan fingerprint density at radius 3 is 3.00 bits per heavy atom. The van der Waals surface area contributed by atoms with Crippen molar-refractivity contribution in [3.05, 3.63) is 35.8 Å². The zero-order chi connectivity index (χ0) is 16.5. The molecule has 8 heteroatoms. The minimum Gasteiger partial charge on any atom is -0.324 e. The molecule has 0 spiro atoms. The molecule has 0 unspecified atom stereocenters. The SMILES string of the molecule is O=C(Nc1ccc(F)cn1)N1CCC[C@H](c2nnc3n2CCC3)C1. The van der Waals surface area contributed by atoms with Gasteiger partial charge in [-0.15, -0.1) is 10.2 Å². The van der Waals surface area contributed by atoms with E-state index in [1.165, 1.54) is 12.1 Å². The zero-order valence-electron chi connectivity index (χ0n) is 13.3. The summed E-state index contributed by atoms with van der Waals surface area (Å²) < 4.78 is 15.1. The van der Waals surface area contributed by atoms with Gasteiger partial charge in [0.05, 0.1) is 6.20 Å². The maximum absolute atomic E-state index is 12.9. The molecular formula is C16H19FN6O. The normalized spacial score (nSPS) is 20.0. The number of halogens is 1. The average molecular weight is 330 g/mol. The molecule has 0 bridgehead atoms. The summed E-state index contributed by atoms with van der Waals surface area (Å²) in [5, 5.41) is 11.3. The highest BCUT2D eigenvalue weighted by Crippen LogP contribution is 2.28. The number of rotatable bonds is 2. The fourth-order valence-corrected chi connectivity index (χ4v) is 3.49. The minimum atomic E-state index is -0.424. The maximum atomic E-state index is 12.9. The highest BCUT2D eigenvalue weighted by molar-refractivity contribution is 5.88. The molecule has 0 aromatic carbocycles. The Morgan fingerprint density at radius 2 is 2.17 bits per heavy atom. The summed E-state index contributed by atoms with van der Waals surface area (Å²) >= 11 is 0. The van der Waals surface area contributed by atoms with E-state index in [1.54, 1.807) is 4.90 Å². The number of hydrogen-bond acceptors (Lipinski definition) is 4. The van der Waals surface area contributed by atoms with Crippen molar-refractivity contribution in [2.45, 2.75) is 38.1 Å². The van der Waals surface area contributed by atoms with E-state index in [2.05, 4.69) is 25.1 Å². The van der Waals surface area contributed by atoms with Gasteiger partial charge in [0.15, 0.2) is 0 Å². The van der Waals surface area contributed by atoms with Gasteiger partial charge in [-0.05, 0) is 31.4 Å². The van der Waals surface area contributed by atoms with Gasteiger partial charge in [-0.1, -0.05) is 0 Å². The Balaban J connectivity index is 1.44. The number of pyridine rings is 1. The lowest BCUT2D eigenvalue weighted by atomic mass is 9.97. The van der Waals surface area contributed by atoms with Gasteiger partial charge < -0.3 is 9.47 Å². The molecule has 0 aliphatic carbocycles. The molecule has 0 saturated carbocycles. The zero-order valence-corrected chi connectivity index (χ0v) is 13.3. The molecule has 2 aliphatic heterocycles. The number of likely N-dealkylation sites (tertiary alicyclic amines) is 1. The number of aromatic nitrogens is 4. The van der Waals surface area contributed by atoms with Crippen molar-refractivity contribution < 1.29 is 9.18 Å². The van der Waals surface area contributed by atoms with Crippen molar-refractivity contribution in [2.24, 2.45) is 0 Å². The second kappa shape index (κ2) is 6.18. The highest BCUT2D eigenvalue weighted by atomic mass is 19.1. The Hall–Kier alpha value is -2.51. The highest BCUT2D eigenvalue weighted by Gasteiger charge is 2.30. The molecule has 126 valence electrons. The molecule has 2 aromatic heterocycles. The van der Waals surface area contributed by atoms with Crippen molar-refractivity contribution in [1.29, 1.82) is 0 Å². The fourth-order valence-electron chi connectivity index (χ4n) is 3.49. The molecule has 2 amide bonds. The Morgan fingerprint density at radius 1 is 1.25 bits per heavy atom. The lowest BCUT2D eigenvalue weighted by Gasteiger charge is -2.32. The first-order valence-electron chi connectivity index (χ1n) is 8.30. The van der Waals surface area contributed by atoms with E-state index in [0.717, 1.165) is 50.1 Å². The van der Waals surface area contributed by atoms with Gasteiger partial charge >= 0.3 is 6.03 Å². The molecule has 2 aromatic rings. The van der Waals surface area contributed by atoms with Crippen molar-refractivity contribution >= 4 is 11.8 Å². The van der Waals surface area contributed by atoms with Gasteiger partial charge in [-0.3, -0.25) is 5.32 Å². The minimum absolute atomic E-state index is 0.208. The number of carbonyl (C=O) groups is 1. The third-order valence-corrected chi connectivity index (χ3v) is 4.67. The van der Waals surface area contributed by atoms with Gasteiger partial charge in [0.2, 0.25) is 0 Å². The Kier molecular flexibility index (Phi) is 3.87. The summed E-state index contributed by atoms with van der Waals surface area (Å²) in [5.74, 6) is 2.20. The monoisotopic (exact) mass is 330 g/mol. The van der Waals surface area contributed by atoms with Crippen LogP contribution in [0.2, 0.25) is 0 Å².